The molecule has 3 N–H and O–H groups in total. The van der Waals surface area contributed by atoms with E-state index in [4.69, 9.17) is 9.72 Å². The lowest BCUT2D eigenvalue weighted by Crippen LogP contribution is -2.42. The minimum Gasteiger partial charge on any atom is -0.484 e. The highest BCUT2D eigenvalue weighted by molar-refractivity contribution is 7.12. The summed E-state index contributed by atoms with van der Waals surface area (Å²) in [5.74, 6) is 1.09. The number of anilines is 3. The average molecular weight is 437 g/mol. The molecule has 0 radical (unpaired) electrons. The zero-order chi connectivity index (χ0) is 21.2. The highest BCUT2D eigenvalue weighted by Gasteiger charge is 2.24. The summed E-state index contributed by atoms with van der Waals surface area (Å²) >= 11 is 1.80. The number of carbonyl (C=O) groups excluding carboxylic acids is 1. The first-order valence-corrected chi connectivity index (χ1v) is 11.2. The second-order valence-electron chi connectivity index (χ2n) is 7.66. The van der Waals surface area contributed by atoms with E-state index in [-0.39, 0.29) is 5.91 Å². The van der Waals surface area contributed by atoms with Gasteiger partial charge in [0.1, 0.15) is 12.3 Å². The minimum atomic E-state index is -0.110. The second-order valence-corrected chi connectivity index (χ2v) is 8.88. The van der Waals surface area contributed by atoms with E-state index in [2.05, 4.69) is 31.9 Å². The van der Waals surface area contributed by atoms with Gasteiger partial charge in [-0.3, -0.25) is 9.69 Å². The van der Waals surface area contributed by atoms with Crippen LogP contribution < -0.4 is 20.7 Å². The number of fused-ring (bicyclic) bond motifs is 3. The summed E-state index contributed by atoms with van der Waals surface area (Å²) < 4.78 is 5.91. The van der Waals surface area contributed by atoms with Crippen LogP contribution in [0.1, 0.15) is 16.7 Å². The molecular weight excluding hydrogens is 412 g/mol. The number of aromatic nitrogens is 2. The molecule has 0 spiro atoms. The van der Waals surface area contributed by atoms with E-state index in [9.17, 15) is 4.79 Å². The summed E-state index contributed by atoms with van der Waals surface area (Å²) in [6.45, 7) is 7.24. The van der Waals surface area contributed by atoms with Gasteiger partial charge in [0.2, 0.25) is 11.9 Å². The number of rotatable bonds is 5. The van der Waals surface area contributed by atoms with Crippen molar-refractivity contribution in [1.29, 1.82) is 0 Å². The van der Waals surface area contributed by atoms with Crippen LogP contribution in [0.25, 0.3) is 11.3 Å². The smallest absolute Gasteiger partial charge is 0.227 e. The third-order valence-electron chi connectivity index (χ3n) is 5.26. The monoisotopic (exact) mass is 436 g/mol. The lowest BCUT2D eigenvalue weighted by atomic mass is 10.1. The Kier molecular flexibility index (Phi) is 5.54. The first kappa shape index (κ1) is 19.9. The molecule has 0 unspecified atom stereocenters. The summed E-state index contributed by atoms with van der Waals surface area (Å²) in [5.41, 5.74) is 3.47. The number of piperazine rings is 1. The molecule has 3 aromatic rings. The largest absolute Gasteiger partial charge is 0.484 e. The molecule has 0 aliphatic carbocycles. The molecule has 1 aromatic carbocycles. The third-order valence-corrected chi connectivity index (χ3v) is 6.35. The molecule has 4 heterocycles. The van der Waals surface area contributed by atoms with Crippen molar-refractivity contribution in [1.82, 2.24) is 20.2 Å². The fourth-order valence-electron chi connectivity index (χ4n) is 3.84. The Labute approximate surface area is 184 Å². The van der Waals surface area contributed by atoms with Crippen molar-refractivity contribution in [3.8, 4) is 17.0 Å². The molecule has 0 atom stereocenters. The standard InChI is InChI=1S/C22H24N6O2S/c1-14(29)25-15-3-2-4-16(9-15)26-22-24-11-19-21(27-22)18-10-17(31-20(18)13-30-19)12-28-7-5-23-6-8-28/h2-4,9-11,23H,5-8,12-13H2,1H3,(H,25,29)(H,24,26,27). The van der Waals surface area contributed by atoms with Crippen LogP contribution >= 0.6 is 11.3 Å². The Morgan fingerprint density at radius 1 is 1.26 bits per heavy atom. The van der Waals surface area contributed by atoms with Crippen molar-refractivity contribution in [3.05, 3.63) is 46.3 Å². The number of hydrogen-bond acceptors (Lipinski definition) is 8. The van der Waals surface area contributed by atoms with Crippen molar-refractivity contribution in [2.24, 2.45) is 0 Å². The number of thiophene rings is 1. The van der Waals surface area contributed by atoms with Gasteiger partial charge in [-0.15, -0.1) is 11.3 Å². The van der Waals surface area contributed by atoms with Gasteiger partial charge < -0.3 is 20.7 Å². The van der Waals surface area contributed by atoms with Crippen LogP contribution in [0.15, 0.2) is 36.5 Å². The van der Waals surface area contributed by atoms with Gasteiger partial charge in [-0.2, -0.15) is 0 Å². The van der Waals surface area contributed by atoms with Crippen LogP contribution in [-0.4, -0.2) is 47.0 Å². The molecule has 2 aliphatic heterocycles. The average Bonchev–Trinajstić information content (AvgIpc) is 3.17. The number of nitrogens with one attached hydrogen (secondary N) is 3. The van der Waals surface area contributed by atoms with E-state index in [0.717, 1.165) is 55.4 Å². The second kappa shape index (κ2) is 8.62. The van der Waals surface area contributed by atoms with Gasteiger partial charge >= 0.3 is 0 Å². The van der Waals surface area contributed by atoms with E-state index >= 15 is 0 Å². The fourth-order valence-corrected chi connectivity index (χ4v) is 4.96. The maximum atomic E-state index is 11.3. The summed E-state index contributed by atoms with van der Waals surface area (Å²) in [4.78, 5) is 25.5. The molecule has 1 amide bonds. The van der Waals surface area contributed by atoms with Crippen molar-refractivity contribution in [2.45, 2.75) is 20.1 Å². The van der Waals surface area contributed by atoms with Gasteiger partial charge in [0.05, 0.1) is 11.1 Å². The molecule has 160 valence electrons. The molecule has 0 saturated carbocycles. The van der Waals surface area contributed by atoms with Crippen LogP contribution in [-0.2, 0) is 17.9 Å². The zero-order valence-electron chi connectivity index (χ0n) is 17.3. The van der Waals surface area contributed by atoms with Crippen molar-refractivity contribution in [3.63, 3.8) is 0 Å². The number of ether oxygens (including phenoxy) is 1. The predicted molar refractivity (Wildman–Crippen MR) is 122 cm³/mol. The van der Waals surface area contributed by atoms with Gasteiger partial charge in [0.15, 0.2) is 5.75 Å². The lowest BCUT2D eigenvalue weighted by molar-refractivity contribution is -0.114. The number of amides is 1. The summed E-state index contributed by atoms with van der Waals surface area (Å²) in [7, 11) is 0. The zero-order valence-corrected chi connectivity index (χ0v) is 18.1. The molecule has 31 heavy (non-hydrogen) atoms. The van der Waals surface area contributed by atoms with Gasteiger partial charge in [-0.1, -0.05) is 6.07 Å². The van der Waals surface area contributed by atoms with E-state index in [1.54, 1.807) is 17.5 Å². The Morgan fingerprint density at radius 3 is 2.94 bits per heavy atom. The normalized spacial score (nSPS) is 15.5. The fraction of sp³-hybridized carbons (Fsp3) is 0.318. The minimum absolute atomic E-state index is 0.110. The maximum Gasteiger partial charge on any atom is 0.227 e. The first-order chi connectivity index (χ1) is 15.1. The van der Waals surface area contributed by atoms with Gasteiger partial charge in [0, 0.05) is 61.5 Å². The molecule has 2 aromatic heterocycles. The number of carbonyl (C=O) groups is 1. The van der Waals surface area contributed by atoms with Crippen LogP contribution in [0.3, 0.4) is 0 Å². The molecule has 8 nitrogen and oxygen atoms in total. The van der Waals surface area contributed by atoms with Crippen molar-refractivity contribution < 1.29 is 9.53 Å². The molecule has 0 bridgehead atoms. The Hall–Kier alpha value is -3.01. The van der Waals surface area contributed by atoms with Crippen LogP contribution in [0.2, 0.25) is 0 Å². The van der Waals surface area contributed by atoms with E-state index < -0.39 is 0 Å². The van der Waals surface area contributed by atoms with E-state index in [0.29, 0.717) is 18.3 Å². The topological polar surface area (TPSA) is 91.4 Å². The quantitative estimate of drug-likeness (QED) is 0.566. The van der Waals surface area contributed by atoms with Crippen molar-refractivity contribution in [2.75, 3.05) is 36.8 Å². The van der Waals surface area contributed by atoms with E-state index in [1.165, 1.54) is 16.7 Å². The van der Waals surface area contributed by atoms with Crippen molar-refractivity contribution >= 4 is 34.6 Å². The molecule has 5 rings (SSSR count). The third kappa shape index (κ3) is 4.53. The van der Waals surface area contributed by atoms with Crippen LogP contribution in [0.5, 0.6) is 5.75 Å². The highest BCUT2D eigenvalue weighted by atomic mass is 32.1. The Balaban J connectivity index is 1.37. The van der Waals surface area contributed by atoms with Gasteiger partial charge in [-0.25, -0.2) is 9.97 Å². The molecule has 9 heteroatoms. The molecule has 1 saturated heterocycles. The Morgan fingerprint density at radius 2 is 2.10 bits per heavy atom. The lowest BCUT2D eigenvalue weighted by Gasteiger charge is -2.26. The van der Waals surface area contributed by atoms with Crippen LogP contribution in [0, 0.1) is 0 Å². The highest BCUT2D eigenvalue weighted by Crippen LogP contribution is 2.41. The van der Waals surface area contributed by atoms with E-state index in [1.807, 2.05) is 24.3 Å². The number of benzene rings is 1. The van der Waals surface area contributed by atoms with Gasteiger partial charge in [0.25, 0.3) is 0 Å². The SMILES string of the molecule is CC(=O)Nc1cccc(Nc2ncc3c(n2)-c2cc(CN4CCNCC4)sc2CO3)c1. The number of hydrogen-bond donors (Lipinski definition) is 3. The summed E-state index contributed by atoms with van der Waals surface area (Å²) in [6, 6.07) is 9.71. The predicted octanol–water partition coefficient (Wildman–Crippen LogP) is 3.20. The Bertz CT molecular complexity index is 1110. The molecule has 1 fully saturated rings. The van der Waals surface area contributed by atoms with Crippen LogP contribution in [0.4, 0.5) is 17.3 Å². The maximum absolute atomic E-state index is 11.3. The summed E-state index contributed by atoms with van der Waals surface area (Å²) in [6.07, 6.45) is 1.72. The first-order valence-electron chi connectivity index (χ1n) is 10.3. The molecule has 2 aliphatic rings. The molecular formula is C22H24N6O2S. The summed E-state index contributed by atoms with van der Waals surface area (Å²) in [5, 5.41) is 9.41. The van der Waals surface area contributed by atoms with Gasteiger partial charge in [-0.05, 0) is 24.3 Å². The number of nitrogens with zero attached hydrogens (tertiary/aromatic N) is 3.